The van der Waals surface area contributed by atoms with Gasteiger partial charge in [-0.05, 0) is 30.6 Å². The monoisotopic (exact) mass is 178 g/mol. The molecule has 0 aliphatic heterocycles. The highest BCUT2D eigenvalue weighted by atomic mass is 32.2. The second kappa shape index (κ2) is 6.41. The van der Waals surface area contributed by atoms with Crippen molar-refractivity contribution in [3.05, 3.63) is 0 Å². The summed E-state index contributed by atoms with van der Waals surface area (Å²) >= 11 is 3.95. The highest BCUT2D eigenvalue weighted by molar-refractivity contribution is 7.99. The SMILES string of the molecule is CSCCC(SC)C(C)C. The topological polar surface area (TPSA) is 0 Å². The van der Waals surface area contributed by atoms with Gasteiger partial charge >= 0.3 is 0 Å². The third-order valence-corrected chi connectivity index (χ3v) is 3.68. The molecule has 0 heterocycles. The van der Waals surface area contributed by atoms with Crippen molar-refractivity contribution >= 4 is 23.5 Å². The van der Waals surface area contributed by atoms with Crippen molar-refractivity contribution in [2.45, 2.75) is 25.5 Å². The summed E-state index contributed by atoms with van der Waals surface area (Å²) in [4.78, 5) is 0. The van der Waals surface area contributed by atoms with E-state index in [9.17, 15) is 0 Å². The summed E-state index contributed by atoms with van der Waals surface area (Å²) in [5, 5.41) is 0.868. The van der Waals surface area contributed by atoms with Gasteiger partial charge in [-0.1, -0.05) is 13.8 Å². The molecule has 2 heteroatoms. The van der Waals surface area contributed by atoms with E-state index in [1.54, 1.807) is 0 Å². The number of thioether (sulfide) groups is 2. The van der Waals surface area contributed by atoms with Crippen LogP contribution in [0.3, 0.4) is 0 Å². The van der Waals surface area contributed by atoms with Gasteiger partial charge in [0.05, 0.1) is 0 Å². The molecule has 0 nitrogen and oxygen atoms in total. The lowest BCUT2D eigenvalue weighted by molar-refractivity contribution is 0.598. The van der Waals surface area contributed by atoms with Crippen LogP contribution in [-0.2, 0) is 0 Å². The molecule has 0 aliphatic rings. The van der Waals surface area contributed by atoms with Crippen LogP contribution in [0, 0.1) is 5.92 Å². The van der Waals surface area contributed by atoms with E-state index in [-0.39, 0.29) is 0 Å². The van der Waals surface area contributed by atoms with Crippen LogP contribution in [0.2, 0.25) is 0 Å². The smallest absolute Gasteiger partial charge is 0.00751 e. The molecule has 0 aromatic heterocycles. The number of rotatable bonds is 5. The first kappa shape index (κ1) is 10.7. The van der Waals surface area contributed by atoms with Crippen LogP contribution in [0.15, 0.2) is 0 Å². The summed E-state index contributed by atoms with van der Waals surface area (Å²) in [5.74, 6) is 2.14. The van der Waals surface area contributed by atoms with Gasteiger partial charge in [-0.15, -0.1) is 0 Å². The van der Waals surface area contributed by atoms with Gasteiger partial charge in [-0.2, -0.15) is 23.5 Å². The quantitative estimate of drug-likeness (QED) is 0.634. The minimum atomic E-state index is 0.835. The van der Waals surface area contributed by atoms with E-state index in [4.69, 9.17) is 0 Å². The molecule has 0 saturated heterocycles. The molecule has 0 spiro atoms. The van der Waals surface area contributed by atoms with Gasteiger partial charge in [0.1, 0.15) is 0 Å². The average Bonchev–Trinajstić information content (AvgIpc) is 1.89. The highest BCUT2D eigenvalue weighted by Gasteiger charge is 2.09. The molecule has 0 bridgehead atoms. The zero-order valence-electron chi connectivity index (χ0n) is 7.39. The fraction of sp³-hybridized carbons (Fsp3) is 1.00. The van der Waals surface area contributed by atoms with Gasteiger partial charge in [-0.3, -0.25) is 0 Å². The molecule has 0 radical (unpaired) electrons. The van der Waals surface area contributed by atoms with Crippen molar-refractivity contribution in [2.75, 3.05) is 18.3 Å². The zero-order chi connectivity index (χ0) is 7.98. The van der Waals surface area contributed by atoms with Gasteiger partial charge < -0.3 is 0 Å². The first-order valence-electron chi connectivity index (χ1n) is 3.74. The van der Waals surface area contributed by atoms with Crippen LogP contribution < -0.4 is 0 Å². The van der Waals surface area contributed by atoms with E-state index in [2.05, 4.69) is 26.4 Å². The van der Waals surface area contributed by atoms with Crippen molar-refractivity contribution in [3.8, 4) is 0 Å². The molecular weight excluding hydrogens is 160 g/mol. The predicted octanol–water partition coefficient (Wildman–Crippen LogP) is 3.13. The van der Waals surface area contributed by atoms with Crippen LogP contribution in [0.1, 0.15) is 20.3 Å². The molecule has 1 atom stereocenters. The largest absolute Gasteiger partial charge is 0.165 e. The van der Waals surface area contributed by atoms with Crippen LogP contribution >= 0.6 is 23.5 Å². The van der Waals surface area contributed by atoms with Crippen LogP contribution in [0.4, 0.5) is 0 Å². The van der Waals surface area contributed by atoms with Gasteiger partial charge in [0.15, 0.2) is 0 Å². The Morgan fingerprint density at radius 3 is 2.10 bits per heavy atom. The van der Waals surface area contributed by atoms with Crippen molar-refractivity contribution in [3.63, 3.8) is 0 Å². The van der Waals surface area contributed by atoms with Crippen LogP contribution in [0.5, 0.6) is 0 Å². The van der Waals surface area contributed by atoms with Gasteiger partial charge in [0.2, 0.25) is 0 Å². The summed E-state index contributed by atoms with van der Waals surface area (Å²) in [6, 6.07) is 0. The van der Waals surface area contributed by atoms with Crippen molar-refractivity contribution in [1.82, 2.24) is 0 Å². The van der Waals surface area contributed by atoms with Crippen LogP contribution in [0.25, 0.3) is 0 Å². The maximum absolute atomic E-state index is 2.31. The summed E-state index contributed by atoms with van der Waals surface area (Å²) in [6.07, 6.45) is 5.75. The van der Waals surface area contributed by atoms with E-state index in [0.29, 0.717) is 0 Å². The Kier molecular flexibility index (Phi) is 6.86. The molecule has 0 aromatic rings. The summed E-state index contributed by atoms with van der Waals surface area (Å²) in [6.45, 7) is 4.61. The molecule has 0 fully saturated rings. The minimum Gasteiger partial charge on any atom is -0.165 e. The Balaban J connectivity index is 3.40. The number of hydrogen-bond acceptors (Lipinski definition) is 2. The van der Waals surface area contributed by atoms with Crippen molar-refractivity contribution in [1.29, 1.82) is 0 Å². The van der Waals surface area contributed by atoms with E-state index in [1.165, 1.54) is 12.2 Å². The molecule has 0 amide bonds. The lowest BCUT2D eigenvalue weighted by Crippen LogP contribution is -2.11. The molecule has 0 saturated carbocycles. The summed E-state index contributed by atoms with van der Waals surface area (Å²) in [7, 11) is 0. The Morgan fingerprint density at radius 2 is 1.80 bits per heavy atom. The normalized spacial score (nSPS) is 14.1. The first-order valence-corrected chi connectivity index (χ1v) is 6.42. The second-order valence-electron chi connectivity index (χ2n) is 2.80. The fourth-order valence-electron chi connectivity index (χ4n) is 0.957. The van der Waals surface area contributed by atoms with E-state index >= 15 is 0 Å². The highest BCUT2D eigenvalue weighted by Crippen LogP contribution is 2.21. The maximum atomic E-state index is 2.31. The molecule has 0 N–H and O–H groups in total. The Bertz CT molecular complexity index is 71.7. The molecule has 10 heavy (non-hydrogen) atoms. The molecule has 1 unspecified atom stereocenters. The van der Waals surface area contributed by atoms with E-state index in [1.807, 2.05) is 23.5 Å². The minimum absolute atomic E-state index is 0.835. The first-order chi connectivity index (χ1) is 4.72. The Morgan fingerprint density at radius 1 is 1.20 bits per heavy atom. The molecule has 0 aliphatic carbocycles. The van der Waals surface area contributed by atoms with Gasteiger partial charge in [0.25, 0.3) is 0 Å². The predicted molar refractivity (Wildman–Crippen MR) is 55.1 cm³/mol. The maximum Gasteiger partial charge on any atom is 0.00751 e. The fourth-order valence-corrected chi connectivity index (χ4v) is 2.49. The van der Waals surface area contributed by atoms with Crippen molar-refractivity contribution in [2.24, 2.45) is 5.92 Å². The zero-order valence-corrected chi connectivity index (χ0v) is 9.02. The van der Waals surface area contributed by atoms with Gasteiger partial charge in [-0.25, -0.2) is 0 Å². The lowest BCUT2D eigenvalue weighted by atomic mass is 10.1. The molecular formula is C8H18S2. The van der Waals surface area contributed by atoms with E-state index in [0.717, 1.165) is 11.2 Å². The van der Waals surface area contributed by atoms with Crippen molar-refractivity contribution < 1.29 is 0 Å². The molecule has 0 rings (SSSR count). The number of hydrogen-bond donors (Lipinski definition) is 0. The molecule has 62 valence electrons. The van der Waals surface area contributed by atoms with E-state index < -0.39 is 0 Å². The second-order valence-corrected chi connectivity index (χ2v) is 4.86. The lowest BCUT2D eigenvalue weighted by Gasteiger charge is -2.17. The third-order valence-electron chi connectivity index (χ3n) is 1.65. The van der Waals surface area contributed by atoms with Gasteiger partial charge in [0, 0.05) is 5.25 Å². The summed E-state index contributed by atoms with van der Waals surface area (Å²) in [5.41, 5.74) is 0. The third kappa shape index (κ3) is 4.51. The summed E-state index contributed by atoms with van der Waals surface area (Å²) < 4.78 is 0. The standard InChI is InChI=1S/C8H18S2/c1-7(2)8(10-4)5-6-9-3/h7-8H,5-6H2,1-4H3. The Hall–Kier alpha value is 0.700. The Labute approximate surface area is 73.5 Å². The molecule has 0 aromatic carbocycles. The van der Waals surface area contributed by atoms with Crippen LogP contribution in [-0.4, -0.2) is 23.5 Å². The average molecular weight is 178 g/mol.